The highest BCUT2D eigenvalue weighted by Crippen LogP contribution is 2.27. The van der Waals surface area contributed by atoms with Gasteiger partial charge in [-0.2, -0.15) is 0 Å². The average molecular weight is 2020 g/mol. The Morgan fingerprint density at radius 2 is 0.457 bits per heavy atom. The lowest BCUT2D eigenvalue weighted by molar-refractivity contribution is -0.124. The zero-order valence-corrected chi connectivity index (χ0v) is 87.4. The van der Waals surface area contributed by atoms with E-state index in [1.165, 1.54) is 179 Å². The van der Waals surface area contributed by atoms with Gasteiger partial charge < -0.3 is 136 Å². The molecule has 0 aliphatic heterocycles. The van der Waals surface area contributed by atoms with Crippen molar-refractivity contribution in [3.05, 3.63) is 29.8 Å². The Morgan fingerprint density at radius 3 is 0.693 bits per heavy atom. The number of unbranched alkanes of at least 4 members (excludes halogenated alkanes) is 26. The van der Waals surface area contributed by atoms with E-state index < -0.39 is 0 Å². The molecule has 37 nitrogen and oxygen atoms in total. The number of benzene rings is 1. The monoisotopic (exact) mass is 2020 g/mol. The largest absolute Gasteiger partial charge is 0.411 e. The Hall–Kier alpha value is -5.80. The molecule has 1 heterocycles. The lowest BCUT2D eigenvalue weighted by atomic mass is 10.0. The molecule has 0 fully saturated rings. The number of ether oxygens (including phenoxy) is 20. The standard InChI is InChI=1S/C102H187N9O28S/c1-5-7-9-11-13-15-17-19-21-23-25-27-29-31-51-119-67-75-131-83-87-135-79-71-127-63-47-107-96(114)39-55-123-59-43-103-94(112)37-53-121-61-45-105-98(116)41-57-125-69-77-133-85-89-137-81-73-129-65-49-111(101(118)93-35-33-92(34-36-93)100-109-110-102(139-100)140-91(3)4)50-66-130-74-82-138-90-86-134-78-70-126-58-42-99(117)106-46-62-122-54-38-95(113)104-44-60-124-56-40-97(115)108-48-64-128-72-80-136-88-84-132-76-68-120-52-32-30-28-26-24-22-20-18-16-14-12-10-8-6-2/h33-36,91H,5-32,37-90H2,1-4H3,(H,103,112)(H,104,113)(H,105,116)(H,106,117)(H,107,114)(H,108,115). The van der Waals surface area contributed by atoms with Crippen molar-refractivity contribution in [2.24, 2.45) is 0 Å². The van der Waals surface area contributed by atoms with Crippen molar-refractivity contribution in [1.82, 2.24) is 47.0 Å². The van der Waals surface area contributed by atoms with Gasteiger partial charge in [-0.1, -0.05) is 206 Å². The van der Waals surface area contributed by atoms with E-state index in [0.29, 0.717) is 246 Å². The highest BCUT2D eigenvalue weighted by Gasteiger charge is 2.19. The number of amides is 7. The Bertz CT molecular complexity index is 2950. The minimum absolute atomic E-state index is 0.148. The number of hydrogen-bond donors (Lipinski definition) is 6. The molecule has 7 amide bonds. The van der Waals surface area contributed by atoms with E-state index in [9.17, 15) is 33.6 Å². The maximum absolute atomic E-state index is 13.9. The molecule has 0 bridgehead atoms. The molecule has 2 aromatic rings. The number of hydrogen-bond acceptors (Lipinski definition) is 31. The third-order valence-electron chi connectivity index (χ3n) is 21.4. The molecule has 0 spiro atoms. The Balaban J connectivity index is 1.37. The molecular formula is C102H187N9O28S. The lowest BCUT2D eigenvalue weighted by Crippen LogP contribution is -2.37. The number of carbonyl (C=O) groups excluding carboxylic acids is 7. The first-order valence-electron chi connectivity index (χ1n) is 53.0. The number of nitrogens with zero attached hydrogens (tertiary/aromatic N) is 3. The van der Waals surface area contributed by atoms with E-state index in [0.717, 1.165) is 26.1 Å². The zero-order chi connectivity index (χ0) is 101. The van der Waals surface area contributed by atoms with Crippen LogP contribution in [-0.4, -0.2) is 378 Å². The molecule has 0 atom stereocenters. The van der Waals surface area contributed by atoms with Crippen LogP contribution in [0.3, 0.4) is 0 Å². The van der Waals surface area contributed by atoms with Crippen LogP contribution < -0.4 is 31.9 Å². The van der Waals surface area contributed by atoms with Crippen molar-refractivity contribution in [3.63, 3.8) is 0 Å². The highest BCUT2D eigenvalue weighted by atomic mass is 32.2. The van der Waals surface area contributed by atoms with Gasteiger partial charge in [-0.15, -0.1) is 10.2 Å². The first-order valence-corrected chi connectivity index (χ1v) is 53.8. The fourth-order valence-corrected chi connectivity index (χ4v) is 14.1. The van der Waals surface area contributed by atoms with Gasteiger partial charge in [0.25, 0.3) is 11.1 Å². The fraction of sp³-hybridized carbons (Fsp3) is 0.853. The van der Waals surface area contributed by atoms with Crippen molar-refractivity contribution in [1.29, 1.82) is 0 Å². The maximum Gasteiger partial charge on any atom is 0.277 e. The normalized spacial score (nSPS) is 11.5. The third kappa shape index (κ3) is 92.1. The summed E-state index contributed by atoms with van der Waals surface area (Å²) >= 11 is 1.47. The van der Waals surface area contributed by atoms with Gasteiger partial charge in [0.05, 0.1) is 251 Å². The van der Waals surface area contributed by atoms with Gasteiger partial charge in [-0.25, -0.2) is 0 Å². The smallest absolute Gasteiger partial charge is 0.277 e. The molecule has 6 N–H and O–H groups in total. The minimum Gasteiger partial charge on any atom is -0.411 e. The molecule has 0 saturated heterocycles. The van der Waals surface area contributed by atoms with Crippen LogP contribution in [0.25, 0.3) is 11.5 Å². The molecule has 0 unspecified atom stereocenters. The van der Waals surface area contributed by atoms with Crippen LogP contribution in [0, 0.1) is 0 Å². The predicted molar refractivity (Wildman–Crippen MR) is 539 cm³/mol. The topological polar surface area (TPSA) is 418 Å². The SMILES string of the molecule is CCCCCCCCCCCCCCCCOCCOCCOCCOCCNC(=O)CCOCCNC(=O)CCOCCNC(=O)CCOCCOCCOCCOCCN(CCOCCOCCOCCOCCC(=O)NCCOCCC(=O)NCCOCCC(=O)NCCOCCOCCOCCOCCCCCCCCCCCCCCCC)C(=O)c1ccc(-c2nnc(SC(C)C)o2)cc1. The van der Waals surface area contributed by atoms with E-state index in [1.54, 1.807) is 29.2 Å². The first kappa shape index (κ1) is 130. The number of nitrogens with one attached hydrogen (secondary N) is 6. The van der Waals surface area contributed by atoms with Crippen molar-refractivity contribution < 1.29 is 133 Å². The lowest BCUT2D eigenvalue weighted by Gasteiger charge is -2.23. The van der Waals surface area contributed by atoms with Gasteiger partial charge in [0.2, 0.25) is 41.3 Å². The molecule has 140 heavy (non-hydrogen) atoms. The average Bonchev–Trinajstić information content (AvgIpc) is 1.36. The van der Waals surface area contributed by atoms with Crippen LogP contribution in [0.15, 0.2) is 33.9 Å². The van der Waals surface area contributed by atoms with Crippen LogP contribution in [0.5, 0.6) is 0 Å². The molecule has 38 heteroatoms. The molecule has 0 aliphatic carbocycles. The van der Waals surface area contributed by atoms with Gasteiger partial charge in [0.15, 0.2) is 0 Å². The zero-order valence-electron chi connectivity index (χ0n) is 86.6. The van der Waals surface area contributed by atoms with E-state index in [4.69, 9.17) is 99.2 Å². The number of aromatic nitrogens is 2. The third-order valence-corrected chi connectivity index (χ3v) is 22.3. The van der Waals surface area contributed by atoms with Crippen molar-refractivity contribution in [3.8, 4) is 11.5 Å². The van der Waals surface area contributed by atoms with Gasteiger partial charge in [0, 0.05) is 120 Å². The minimum atomic E-state index is -0.204. The number of thioether (sulfide) groups is 1. The summed E-state index contributed by atoms with van der Waals surface area (Å²) in [7, 11) is 0. The van der Waals surface area contributed by atoms with E-state index >= 15 is 0 Å². The molecule has 0 radical (unpaired) electrons. The summed E-state index contributed by atoms with van der Waals surface area (Å²) in [6.07, 6.45) is 38.7. The quantitative estimate of drug-likeness (QED) is 0.0265. The summed E-state index contributed by atoms with van der Waals surface area (Å²) in [6, 6.07) is 7.00. The van der Waals surface area contributed by atoms with Gasteiger partial charge in [0.1, 0.15) is 0 Å². The fourth-order valence-electron chi connectivity index (χ4n) is 13.5. The Morgan fingerprint density at radius 1 is 0.257 bits per heavy atom. The highest BCUT2D eigenvalue weighted by molar-refractivity contribution is 7.99. The van der Waals surface area contributed by atoms with Gasteiger partial charge >= 0.3 is 0 Å². The van der Waals surface area contributed by atoms with E-state index in [-0.39, 0.29) is 164 Å². The van der Waals surface area contributed by atoms with Crippen LogP contribution in [-0.2, 0) is 124 Å². The molecule has 814 valence electrons. The molecule has 1 aromatic heterocycles. The van der Waals surface area contributed by atoms with Gasteiger partial charge in [-0.05, 0) is 37.1 Å². The molecular weight excluding hydrogens is 1830 g/mol. The van der Waals surface area contributed by atoms with Gasteiger partial charge in [-0.3, -0.25) is 33.6 Å². The van der Waals surface area contributed by atoms with Crippen molar-refractivity contribution in [2.75, 3.05) is 317 Å². The number of carbonyl (C=O) groups is 7. The second kappa shape index (κ2) is 105. The Labute approximate surface area is 843 Å². The summed E-state index contributed by atoms with van der Waals surface area (Å²) in [5.41, 5.74) is 1.16. The van der Waals surface area contributed by atoms with Crippen LogP contribution in [0.4, 0.5) is 0 Å². The molecule has 0 saturated carbocycles. The first-order chi connectivity index (χ1) is 68.9. The second-order valence-electron chi connectivity index (χ2n) is 33.9. The Kier molecular flexibility index (Phi) is 97.3. The summed E-state index contributed by atoms with van der Waals surface area (Å²) in [5.74, 6) is -0.902. The maximum atomic E-state index is 13.9. The van der Waals surface area contributed by atoms with E-state index in [2.05, 4.69) is 55.9 Å². The van der Waals surface area contributed by atoms with Crippen LogP contribution >= 0.6 is 11.8 Å². The van der Waals surface area contributed by atoms with Crippen molar-refractivity contribution >= 4 is 53.1 Å². The summed E-state index contributed by atoms with van der Waals surface area (Å²) in [4.78, 5) is 88.8. The van der Waals surface area contributed by atoms with Crippen molar-refractivity contribution in [2.45, 2.75) is 256 Å². The van der Waals surface area contributed by atoms with Crippen LogP contribution in [0.2, 0.25) is 0 Å². The molecule has 1 aromatic carbocycles. The number of rotatable bonds is 112. The molecule has 0 aliphatic rings. The molecule has 2 rings (SSSR count). The van der Waals surface area contributed by atoms with E-state index in [1.807, 2.05) is 13.8 Å². The summed E-state index contributed by atoms with van der Waals surface area (Å²) in [6.45, 7) is 26.1. The summed E-state index contributed by atoms with van der Waals surface area (Å²) in [5, 5.41) is 25.7. The van der Waals surface area contributed by atoms with Crippen LogP contribution in [0.1, 0.15) is 256 Å². The summed E-state index contributed by atoms with van der Waals surface area (Å²) < 4.78 is 118. The second-order valence-corrected chi connectivity index (χ2v) is 35.5. The predicted octanol–water partition coefficient (Wildman–Crippen LogP) is 12.0.